The normalized spacial score (nSPS) is 12.4. The van der Waals surface area contributed by atoms with Crippen molar-refractivity contribution in [2.45, 2.75) is 12.2 Å². The van der Waals surface area contributed by atoms with Gasteiger partial charge in [0.2, 0.25) is 0 Å². The number of carbonyl (C=O) groups is 2. The Morgan fingerprint density at radius 2 is 1.16 bits per heavy atom. The van der Waals surface area contributed by atoms with Crippen LogP contribution in [0.25, 0.3) is 10.8 Å². The van der Waals surface area contributed by atoms with E-state index in [0.717, 1.165) is 22.9 Å². The van der Waals surface area contributed by atoms with Gasteiger partial charge in [0.15, 0.2) is 12.2 Å². The van der Waals surface area contributed by atoms with E-state index in [1.54, 1.807) is 0 Å². The first-order valence-electron chi connectivity index (χ1n) is 9.92. The van der Waals surface area contributed by atoms with Crippen LogP contribution in [0.2, 0.25) is 0 Å². The second-order valence-electron chi connectivity index (χ2n) is 6.73. The van der Waals surface area contributed by atoms with Crippen molar-refractivity contribution in [3.05, 3.63) is 61.7 Å². The summed E-state index contributed by atoms with van der Waals surface area (Å²) in [4.78, 5) is 22.8. The standard InChI is InChI=1S/C24H28O8/c1-5-23(25)31-21(13-27-3)15-29-19-9-7-18-12-20(10-8-17(18)11-19)30-16-22(14-28-4)32-24(26)6-2/h5-12,21-22H,1-2,13-16H2,3-4H3. The molecule has 0 saturated heterocycles. The molecule has 0 bridgehead atoms. The number of hydrogen-bond acceptors (Lipinski definition) is 8. The van der Waals surface area contributed by atoms with Crippen molar-refractivity contribution in [2.75, 3.05) is 40.6 Å². The summed E-state index contributed by atoms with van der Waals surface area (Å²) in [5.74, 6) is 0.180. The zero-order valence-corrected chi connectivity index (χ0v) is 18.3. The number of ether oxygens (including phenoxy) is 6. The zero-order valence-electron chi connectivity index (χ0n) is 18.3. The van der Waals surface area contributed by atoms with Gasteiger partial charge in [-0.25, -0.2) is 9.59 Å². The van der Waals surface area contributed by atoms with Gasteiger partial charge >= 0.3 is 11.9 Å². The summed E-state index contributed by atoms with van der Waals surface area (Å²) in [6.07, 6.45) is 1.10. The Kier molecular flexibility index (Phi) is 10.2. The van der Waals surface area contributed by atoms with E-state index in [1.807, 2.05) is 36.4 Å². The maximum Gasteiger partial charge on any atom is 0.330 e. The molecule has 0 fully saturated rings. The van der Waals surface area contributed by atoms with Crippen LogP contribution in [0.5, 0.6) is 11.5 Å². The van der Waals surface area contributed by atoms with Gasteiger partial charge in [-0.2, -0.15) is 0 Å². The van der Waals surface area contributed by atoms with E-state index in [0.29, 0.717) is 11.5 Å². The Morgan fingerprint density at radius 3 is 1.50 bits per heavy atom. The van der Waals surface area contributed by atoms with E-state index >= 15 is 0 Å². The molecule has 2 atom stereocenters. The molecule has 8 nitrogen and oxygen atoms in total. The molecule has 0 N–H and O–H groups in total. The zero-order chi connectivity index (χ0) is 23.3. The van der Waals surface area contributed by atoms with E-state index in [9.17, 15) is 9.59 Å². The maximum absolute atomic E-state index is 11.4. The highest BCUT2D eigenvalue weighted by atomic mass is 16.6. The minimum Gasteiger partial charge on any atom is -0.490 e. The molecule has 0 aliphatic carbocycles. The predicted molar refractivity (Wildman–Crippen MR) is 119 cm³/mol. The summed E-state index contributed by atoms with van der Waals surface area (Å²) in [5, 5.41) is 1.88. The van der Waals surface area contributed by atoms with Crippen LogP contribution in [0.15, 0.2) is 61.7 Å². The van der Waals surface area contributed by atoms with Gasteiger partial charge in [0.1, 0.15) is 24.7 Å². The molecule has 0 radical (unpaired) electrons. The fraction of sp³-hybridized carbons (Fsp3) is 0.333. The molecular weight excluding hydrogens is 416 g/mol. The molecule has 2 aromatic rings. The Balaban J connectivity index is 2.00. The summed E-state index contributed by atoms with van der Waals surface area (Å²) in [6, 6.07) is 11.2. The first-order chi connectivity index (χ1) is 15.5. The molecule has 2 unspecified atom stereocenters. The van der Waals surface area contributed by atoms with Crippen molar-refractivity contribution in [1.29, 1.82) is 0 Å². The molecule has 0 amide bonds. The van der Waals surface area contributed by atoms with Crippen LogP contribution in [0.4, 0.5) is 0 Å². The van der Waals surface area contributed by atoms with Crippen LogP contribution < -0.4 is 9.47 Å². The highest BCUT2D eigenvalue weighted by Crippen LogP contribution is 2.25. The summed E-state index contributed by atoms with van der Waals surface area (Å²) in [6.45, 7) is 7.47. The Morgan fingerprint density at radius 1 is 0.750 bits per heavy atom. The van der Waals surface area contributed by atoms with Crippen LogP contribution in [0, 0.1) is 0 Å². The van der Waals surface area contributed by atoms with Gasteiger partial charge < -0.3 is 28.4 Å². The molecule has 172 valence electrons. The summed E-state index contributed by atoms with van der Waals surface area (Å²) < 4.78 is 32.0. The van der Waals surface area contributed by atoms with Crippen molar-refractivity contribution in [1.82, 2.24) is 0 Å². The highest BCUT2D eigenvalue weighted by molar-refractivity contribution is 5.85. The fourth-order valence-electron chi connectivity index (χ4n) is 2.79. The van der Waals surface area contributed by atoms with Gasteiger partial charge in [0.05, 0.1) is 13.2 Å². The van der Waals surface area contributed by atoms with Crippen molar-refractivity contribution in [3.63, 3.8) is 0 Å². The fourth-order valence-corrected chi connectivity index (χ4v) is 2.79. The summed E-state index contributed by atoms with van der Waals surface area (Å²) in [5.41, 5.74) is 0. The minimum atomic E-state index is -0.549. The first kappa shape index (κ1) is 24.9. The van der Waals surface area contributed by atoms with Crippen LogP contribution in [0.1, 0.15) is 0 Å². The number of fused-ring (bicyclic) bond motifs is 1. The molecule has 0 spiro atoms. The van der Waals surface area contributed by atoms with Crippen LogP contribution >= 0.6 is 0 Å². The van der Waals surface area contributed by atoms with E-state index in [2.05, 4.69) is 13.2 Å². The Labute approximate surface area is 187 Å². The van der Waals surface area contributed by atoms with E-state index in [-0.39, 0.29) is 26.4 Å². The quantitative estimate of drug-likeness (QED) is 0.324. The lowest BCUT2D eigenvalue weighted by Crippen LogP contribution is -2.28. The predicted octanol–water partition coefficient (Wildman–Crippen LogP) is 3.09. The van der Waals surface area contributed by atoms with E-state index in [1.165, 1.54) is 14.2 Å². The molecule has 32 heavy (non-hydrogen) atoms. The monoisotopic (exact) mass is 444 g/mol. The number of methoxy groups -OCH3 is 2. The Bertz CT molecular complexity index is 848. The molecule has 0 saturated carbocycles. The number of hydrogen-bond donors (Lipinski definition) is 0. The smallest absolute Gasteiger partial charge is 0.330 e. The molecule has 0 aliphatic heterocycles. The number of esters is 2. The minimum absolute atomic E-state index is 0.143. The van der Waals surface area contributed by atoms with Crippen molar-refractivity contribution < 1.29 is 38.0 Å². The average molecular weight is 444 g/mol. The highest BCUT2D eigenvalue weighted by Gasteiger charge is 2.15. The SMILES string of the molecule is C=CC(=O)OC(COC)COc1ccc2cc(OCC(COC)OC(=O)C=C)ccc2c1. The van der Waals surface area contributed by atoms with Gasteiger partial charge in [-0.15, -0.1) is 0 Å². The maximum atomic E-state index is 11.4. The van der Waals surface area contributed by atoms with E-state index < -0.39 is 24.1 Å². The third-order valence-corrected chi connectivity index (χ3v) is 4.26. The second-order valence-corrected chi connectivity index (χ2v) is 6.73. The van der Waals surface area contributed by atoms with Gasteiger partial charge in [-0.3, -0.25) is 0 Å². The average Bonchev–Trinajstić information content (AvgIpc) is 2.80. The molecular formula is C24H28O8. The first-order valence-corrected chi connectivity index (χ1v) is 9.92. The molecule has 2 aromatic carbocycles. The second kappa shape index (κ2) is 13.1. The largest absolute Gasteiger partial charge is 0.490 e. The summed E-state index contributed by atoms with van der Waals surface area (Å²) >= 11 is 0. The van der Waals surface area contributed by atoms with Gasteiger partial charge in [0, 0.05) is 26.4 Å². The lowest BCUT2D eigenvalue weighted by Gasteiger charge is -2.18. The van der Waals surface area contributed by atoms with Crippen molar-refractivity contribution in [2.24, 2.45) is 0 Å². The topological polar surface area (TPSA) is 89.5 Å². The summed E-state index contributed by atoms with van der Waals surface area (Å²) in [7, 11) is 3.04. The van der Waals surface area contributed by atoms with Gasteiger partial charge in [-0.1, -0.05) is 25.3 Å². The van der Waals surface area contributed by atoms with Crippen molar-refractivity contribution in [3.8, 4) is 11.5 Å². The van der Waals surface area contributed by atoms with Gasteiger partial charge in [-0.05, 0) is 35.0 Å². The molecule has 0 aliphatic rings. The lowest BCUT2D eigenvalue weighted by molar-refractivity contribution is -0.148. The van der Waals surface area contributed by atoms with E-state index in [4.69, 9.17) is 28.4 Å². The third-order valence-electron chi connectivity index (χ3n) is 4.26. The van der Waals surface area contributed by atoms with Crippen LogP contribution in [-0.4, -0.2) is 64.8 Å². The lowest BCUT2D eigenvalue weighted by atomic mass is 10.1. The number of rotatable bonds is 14. The number of carbonyl (C=O) groups excluding carboxylic acids is 2. The number of benzene rings is 2. The Hall–Kier alpha value is -3.36. The molecule has 0 heterocycles. The van der Waals surface area contributed by atoms with Crippen LogP contribution in [-0.2, 0) is 28.5 Å². The molecule has 0 aromatic heterocycles. The van der Waals surface area contributed by atoms with Crippen LogP contribution in [0.3, 0.4) is 0 Å². The molecule has 8 heteroatoms. The van der Waals surface area contributed by atoms with Gasteiger partial charge in [0.25, 0.3) is 0 Å². The molecule has 2 rings (SSSR count). The van der Waals surface area contributed by atoms with Crippen molar-refractivity contribution >= 4 is 22.7 Å². The third kappa shape index (κ3) is 8.05.